The maximum absolute atomic E-state index is 12.2. The minimum atomic E-state index is -0.120. The molecule has 1 aliphatic rings. The molecule has 0 aliphatic carbocycles. The number of hydrogen-bond donors (Lipinski definition) is 1. The van der Waals surface area contributed by atoms with Gasteiger partial charge in [0.15, 0.2) is 0 Å². The Morgan fingerprint density at radius 1 is 1.39 bits per heavy atom. The highest BCUT2D eigenvalue weighted by atomic mass is 35.5. The Kier molecular flexibility index (Phi) is 6.48. The minimum Gasteiger partial charge on any atom is -0.355 e. The molecule has 1 fully saturated rings. The molecule has 0 unspecified atom stereocenters. The van der Waals surface area contributed by atoms with Crippen molar-refractivity contribution in [2.45, 2.75) is 47.1 Å². The summed E-state index contributed by atoms with van der Waals surface area (Å²) in [7, 11) is 0. The van der Waals surface area contributed by atoms with Crippen LogP contribution in [0.3, 0.4) is 0 Å². The molecule has 1 atom stereocenters. The van der Waals surface area contributed by atoms with Crippen molar-refractivity contribution in [2.24, 2.45) is 11.8 Å². The summed E-state index contributed by atoms with van der Waals surface area (Å²) in [4.78, 5) is 14.7. The van der Waals surface area contributed by atoms with Crippen molar-refractivity contribution >= 4 is 17.5 Å². The lowest BCUT2D eigenvalue weighted by molar-refractivity contribution is -0.125. The molecule has 1 N–H and O–H groups in total. The van der Waals surface area contributed by atoms with Crippen molar-refractivity contribution in [2.75, 3.05) is 26.2 Å². The lowest BCUT2D eigenvalue weighted by Gasteiger charge is -2.30. The molecule has 5 nitrogen and oxygen atoms in total. The van der Waals surface area contributed by atoms with Crippen LogP contribution in [-0.4, -0.2) is 46.8 Å². The van der Waals surface area contributed by atoms with Crippen LogP contribution in [-0.2, 0) is 11.3 Å². The van der Waals surface area contributed by atoms with Gasteiger partial charge in [-0.05, 0) is 45.7 Å². The summed E-state index contributed by atoms with van der Waals surface area (Å²) in [6.45, 7) is 12.6. The van der Waals surface area contributed by atoms with Gasteiger partial charge in [0.2, 0.25) is 5.91 Å². The fourth-order valence-corrected chi connectivity index (χ4v) is 3.13. The SMILES string of the molecule is Cc1nn(C[C@@H](C)C(=O)NCCN2CCC(C)CC2)c(C)c1Cl. The molecule has 23 heavy (non-hydrogen) atoms. The van der Waals surface area contributed by atoms with E-state index in [1.54, 1.807) is 0 Å². The van der Waals surface area contributed by atoms with Gasteiger partial charge in [-0.2, -0.15) is 5.10 Å². The molecule has 0 bridgehead atoms. The van der Waals surface area contributed by atoms with E-state index in [1.807, 2.05) is 25.5 Å². The van der Waals surface area contributed by atoms with Gasteiger partial charge in [-0.1, -0.05) is 25.4 Å². The number of nitrogens with one attached hydrogen (secondary N) is 1. The lowest BCUT2D eigenvalue weighted by atomic mass is 9.99. The zero-order chi connectivity index (χ0) is 17.0. The Morgan fingerprint density at radius 3 is 2.61 bits per heavy atom. The Hall–Kier alpha value is -1.07. The molecule has 130 valence electrons. The second-order valence-corrected chi connectivity index (χ2v) is 7.26. The van der Waals surface area contributed by atoms with E-state index < -0.39 is 0 Å². The van der Waals surface area contributed by atoms with Crippen molar-refractivity contribution in [1.82, 2.24) is 20.0 Å². The highest BCUT2D eigenvalue weighted by molar-refractivity contribution is 6.31. The number of likely N-dealkylation sites (tertiary alicyclic amines) is 1. The minimum absolute atomic E-state index is 0.0825. The van der Waals surface area contributed by atoms with Crippen LogP contribution >= 0.6 is 11.6 Å². The Bertz CT molecular complexity index is 535. The molecule has 1 aliphatic heterocycles. The number of amides is 1. The van der Waals surface area contributed by atoms with E-state index in [4.69, 9.17) is 11.6 Å². The molecule has 1 amide bonds. The normalized spacial score (nSPS) is 18.1. The Morgan fingerprint density at radius 2 is 2.04 bits per heavy atom. The van der Waals surface area contributed by atoms with Crippen molar-refractivity contribution in [3.05, 3.63) is 16.4 Å². The lowest BCUT2D eigenvalue weighted by Crippen LogP contribution is -2.41. The maximum atomic E-state index is 12.2. The third-order valence-corrected chi connectivity index (χ3v) is 5.34. The van der Waals surface area contributed by atoms with Gasteiger partial charge in [-0.15, -0.1) is 0 Å². The third-order valence-electron chi connectivity index (χ3n) is 4.79. The zero-order valence-corrected chi connectivity index (χ0v) is 15.5. The molecule has 2 rings (SSSR count). The number of carbonyl (C=O) groups is 1. The van der Waals surface area contributed by atoms with Gasteiger partial charge in [0, 0.05) is 13.1 Å². The highest BCUT2D eigenvalue weighted by Crippen LogP contribution is 2.20. The first-order valence-electron chi connectivity index (χ1n) is 8.58. The quantitative estimate of drug-likeness (QED) is 0.866. The fourth-order valence-electron chi connectivity index (χ4n) is 2.99. The van der Waals surface area contributed by atoms with Gasteiger partial charge in [-0.25, -0.2) is 0 Å². The summed E-state index contributed by atoms with van der Waals surface area (Å²) >= 11 is 6.15. The van der Waals surface area contributed by atoms with E-state index in [0.29, 0.717) is 11.6 Å². The summed E-state index contributed by atoms with van der Waals surface area (Å²) in [6, 6.07) is 0. The van der Waals surface area contributed by atoms with Gasteiger partial charge >= 0.3 is 0 Å². The number of rotatable bonds is 6. The number of piperidine rings is 1. The second-order valence-electron chi connectivity index (χ2n) is 6.88. The van der Waals surface area contributed by atoms with Gasteiger partial charge in [0.05, 0.1) is 28.9 Å². The highest BCUT2D eigenvalue weighted by Gasteiger charge is 2.18. The van der Waals surface area contributed by atoms with Crippen LogP contribution in [0.15, 0.2) is 0 Å². The predicted octanol–water partition coefficient (Wildman–Crippen LogP) is 2.64. The van der Waals surface area contributed by atoms with Crippen LogP contribution in [0.4, 0.5) is 0 Å². The van der Waals surface area contributed by atoms with Crippen molar-refractivity contribution in [3.8, 4) is 0 Å². The summed E-state index contributed by atoms with van der Waals surface area (Å²) in [5.41, 5.74) is 1.74. The van der Waals surface area contributed by atoms with E-state index in [-0.39, 0.29) is 11.8 Å². The molecule has 2 heterocycles. The third kappa shape index (κ3) is 4.95. The summed E-state index contributed by atoms with van der Waals surface area (Å²) in [6.07, 6.45) is 2.53. The van der Waals surface area contributed by atoms with E-state index in [1.165, 1.54) is 12.8 Å². The van der Waals surface area contributed by atoms with Crippen LogP contribution in [0.5, 0.6) is 0 Å². The first kappa shape index (κ1) is 18.3. The van der Waals surface area contributed by atoms with E-state index in [2.05, 4.69) is 22.2 Å². The maximum Gasteiger partial charge on any atom is 0.224 e. The summed E-state index contributed by atoms with van der Waals surface area (Å²) in [5.74, 6) is 0.804. The average Bonchev–Trinajstić information content (AvgIpc) is 2.76. The Labute approximate surface area is 144 Å². The van der Waals surface area contributed by atoms with Crippen LogP contribution in [0, 0.1) is 25.7 Å². The van der Waals surface area contributed by atoms with E-state index in [0.717, 1.165) is 43.5 Å². The van der Waals surface area contributed by atoms with Crippen LogP contribution in [0.2, 0.25) is 5.02 Å². The smallest absolute Gasteiger partial charge is 0.224 e. The molecule has 1 aromatic heterocycles. The second kappa shape index (κ2) is 8.15. The van der Waals surface area contributed by atoms with Crippen LogP contribution in [0.25, 0.3) is 0 Å². The van der Waals surface area contributed by atoms with Gasteiger partial charge in [0.25, 0.3) is 0 Å². The number of carbonyl (C=O) groups excluding carboxylic acids is 1. The molecule has 0 spiro atoms. The summed E-state index contributed by atoms with van der Waals surface area (Å²) < 4.78 is 1.83. The van der Waals surface area contributed by atoms with Gasteiger partial charge in [0.1, 0.15) is 0 Å². The molecule has 1 saturated heterocycles. The van der Waals surface area contributed by atoms with Crippen LogP contribution < -0.4 is 5.32 Å². The van der Waals surface area contributed by atoms with E-state index >= 15 is 0 Å². The standard InChI is InChI=1S/C17H29ClN4O/c1-12-5-8-21(9-6-12)10-7-19-17(23)13(2)11-22-15(4)16(18)14(3)20-22/h12-13H,5-11H2,1-4H3,(H,19,23)/t13-/m1/s1. The van der Waals surface area contributed by atoms with E-state index in [9.17, 15) is 4.79 Å². The van der Waals surface area contributed by atoms with Crippen molar-refractivity contribution in [1.29, 1.82) is 0 Å². The number of nitrogens with zero attached hydrogens (tertiary/aromatic N) is 3. The van der Waals surface area contributed by atoms with Crippen molar-refractivity contribution in [3.63, 3.8) is 0 Å². The van der Waals surface area contributed by atoms with Gasteiger partial charge in [-0.3, -0.25) is 9.48 Å². The first-order chi connectivity index (χ1) is 10.9. The molecule has 0 radical (unpaired) electrons. The summed E-state index contributed by atoms with van der Waals surface area (Å²) in [5, 5.41) is 8.13. The monoisotopic (exact) mass is 340 g/mol. The molecule has 1 aromatic rings. The Balaban J connectivity index is 1.73. The zero-order valence-electron chi connectivity index (χ0n) is 14.7. The van der Waals surface area contributed by atoms with Crippen LogP contribution in [0.1, 0.15) is 38.1 Å². The molecular formula is C17H29ClN4O. The number of halogens is 1. The van der Waals surface area contributed by atoms with Crippen molar-refractivity contribution < 1.29 is 4.79 Å². The topological polar surface area (TPSA) is 50.2 Å². The number of aryl methyl sites for hydroxylation is 1. The molecule has 0 saturated carbocycles. The average molecular weight is 341 g/mol. The predicted molar refractivity (Wildman–Crippen MR) is 93.7 cm³/mol. The largest absolute Gasteiger partial charge is 0.355 e. The molecule has 0 aromatic carbocycles. The molecule has 6 heteroatoms. The molecular weight excluding hydrogens is 312 g/mol. The number of hydrogen-bond acceptors (Lipinski definition) is 3. The van der Waals surface area contributed by atoms with Gasteiger partial charge < -0.3 is 10.2 Å². The fraction of sp³-hybridized carbons (Fsp3) is 0.765. The first-order valence-corrected chi connectivity index (χ1v) is 8.95. The number of aromatic nitrogens is 2.